The Morgan fingerprint density at radius 1 is 0.623 bits per heavy atom. The molecule has 0 aliphatic heterocycles. The quantitative estimate of drug-likeness (QED) is 0.0877. The zero-order valence-electron chi connectivity index (χ0n) is 33.5. The van der Waals surface area contributed by atoms with E-state index in [9.17, 15) is 0 Å². The molecule has 2 saturated carbocycles. The number of hydrogen-bond acceptors (Lipinski definition) is 3. The first-order valence-electron chi connectivity index (χ1n) is 20.2. The molecule has 4 aromatic carbocycles. The minimum atomic E-state index is -2.75. The normalized spacial score (nSPS) is 16.7. The molecule has 0 atom stereocenters. The minimum absolute atomic E-state index is 0.328. The van der Waals surface area contributed by atoms with Crippen LogP contribution in [0.5, 0.6) is 11.5 Å². The van der Waals surface area contributed by atoms with Crippen LogP contribution >= 0.6 is 15.0 Å². The molecule has 2 aliphatic rings. The van der Waals surface area contributed by atoms with Gasteiger partial charge in [-0.15, -0.1) is 0 Å². The summed E-state index contributed by atoms with van der Waals surface area (Å²) in [4.78, 5) is 0. The number of rotatable bonds is 12. The predicted molar refractivity (Wildman–Crippen MR) is 231 cm³/mol. The average molecular weight is 848 g/mol. The van der Waals surface area contributed by atoms with Crippen molar-refractivity contribution in [2.45, 2.75) is 135 Å². The molecule has 0 saturated heterocycles. The summed E-state index contributed by atoms with van der Waals surface area (Å²) in [5, 5.41) is 1.45. The molecule has 2 fully saturated rings. The van der Waals surface area contributed by atoms with E-state index in [1.54, 1.807) is 0 Å². The Morgan fingerprint density at radius 3 is 1.60 bits per heavy atom. The van der Waals surface area contributed by atoms with Crippen molar-refractivity contribution in [2.24, 2.45) is 0 Å². The van der Waals surface area contributed by atoms with E-state index in [1.807, 2.05) is 26.4 Å². The van der Waals surface area contributed by atoms with Crippen molar-refractivity contribution in [1.82, 2.24) is 0 Å². The van der Waals surface area contributed by atoms with E-state index in [1.165, 1.54) is 107 Å². The fourth-order valence-corrected chi connectivity index (χ4v) is 32.8. The van der Waals surface area contributed by atoms with Crippen LogP contribution in [-0.4, -0.2) is 25.5 Å². The van der Waals surface area contributed by atoms with Gasteiger partial charge in [0.05, 0.1) is 0 Å². The SMILES string of the molecule is COc1ccc(OC)c([PH](C2CCCCC2)(C2CCCCC2)[Pd]([Cl])[c]2ccccc2-c2ccccc2N)c1-c1c(C(C)C)cc(C(C)C)cc1C(C)C. The molecule has 0 bridgehead atoms. The van der Waals surface area contributed by atoms with E-state index in [4.69, 9.17) is 24.7 Å². The van der Waals surface area contributed by atoms with Gasteiger partial charge in [0.25, 0.3) is 0 Å². The van der Waals surface area contributed by atoms with E-state index >= 15 is 0 Å². The molecule has 2 aliphatic carbocycles. The predicted octanol–water partition coefficient (Wildman–Crippen LogP) is 13.0. The summed E-state index contributed by atoms with van der Waals surface area (Å²) in [5.74, 6) is 3.07. The van der Waals surface area contributed by atoms with Crippen LogP contribution in [-0.2, 0) is 15.2 Å². The number of hydrogen-bond donors (Lipinski definition) is 1. The summed E-state index contributed by atoms with van der Waals surface area (Å²) in [6.45, 7) is 14.1. The number of nitrogen functional groups attached to an aromatic ring is 1. The average Bonchev–Trinajstić information content (AvgIpc) is 3.18. The van der Waals surface area contributed by atoms with E-state index in [2.05, 4.69) is 102 Å². The van der Waals surface area contributed by atoms with Gasteiger partial charge in [0, 0.05) is 0 Å². The summed E-state index contributed by atoms with van der Waals surface area (Å²) in [5.41, 5.74) is 15.1. The second kappa shape index (κ2) is 17.6. The van der Waals surface area contributed by atoms with Crippen LogP contribution in [0.2, 0.25) is 0 Å². The number of methoxy groups -OCH3 is 2. The van der Waals surface area contributed by atoms with Crippen molar-refractivity contribution < 1.29 is 24.7 Å². The Balaban J connectivity index is 1.82. The summed E-state index contributed by atoms with van der Waals surface area (Å²) < 4.78 is 14.6. The number of benzene rings is 4. The van der Waals surface area contributed by atoms with Gasteiger partial charge in [0.15, 0.2) is 0 Å². The van der Waals surface area contributed by atoms with Crippen LogP contribution in [0.1, 0.15) is 140 Å². The number of ether oxygens (including phenoxy) is 2. The van der Waals surface area contributed by atoms with Gasteiger partial charge in [0.1, 0.15) is 0 Å². The van der Waals surface area contributed by atoms with Crippen molar-refractivity contribution >= 4 is 30.0 Å². The monoisotopic (exact) mass is 846 g/mol. The number of nitrogens with two attached hydrogens (primary N) is 1. The third kappa shape index (κ3) is 7.75. The Hall–Kier alpha value is -2.34. The van der Waals surface area contributed by atoms with Crippen molar-refractivity contribution in [3.05, 3.63) is 89.5 Å². The second-order valence-electron chi connectivity index (χ2n) is 16.4. The summed E-state index contributed by atoms with van der Waals surface area (Å²) >= 11 is -1.99. The molecule has 291 valence electrons. The molecule has 3 nitrogen and oxygen atoms in total. The van der Waals surface area contributed by atoms with Crippen LogP contribution in [0.25, 0.3) is 22.3 Å². The standard InChI is InChI=1S/C35H53O2P.C12H10N.ClH.Pd/c1-23(2)26-21-29(24(3)4)33(30(22-26)25(5)6)34-31(36-7)19-20-32(37-8)35(34)38(27-15-11-9-12-16-27)28-17-13-10-14-18-28;13-12-9-5-4-8-11(12)10-6-2-1-3-7-10;;/h19-25,27-28H,9-18H2,1-8H3;1-6,8-9H,13H2;1H;. The zero-order chi connectivity index (χ0) is 37.9. The second-order valence-corrected chi connectivity index (χ2v) is 30.1. The first-order valence-corrected chi connectivity index (χ1v) is 27.3. The van der Waals surface area contributed by atoms with Crippen molar-refractivity contribution in [2.75, 3.05) is 20.0 Å². The summed E-state index contributed by atoms with van der Waals surface area (Å²) in [6.07, 6.45) is 12.7. The molecule has 0 radical (unpaired) electrons. The van der Waals surface area contributed by atoms with Gasteiger partial charge in [-0.2, -0.15) is 0 Å². The van der Waals surface area contributed by atoms with Crippen LogP contribution in [0.15, 0.2) is 72.8 Å². The van der Waals surface area contributed by atoms with Crippen molar-refractivity contribution in [3.63, 3.8) is 0 Å². The molecule has 0 amide bonds. The summed E-state index contributed by atoms with van der Waals surface area (Å²) in [7, 11) is 12.5. The first-order chi connectivity index (χ1) is 25.6. The van der Waals surface area contributed by atoms with Gasteiger partial charge in [-0.1, -0.05) is 0 Å². The van der Waals surface area contributed by atoms with Crippen LogP contribution in [0.3, 0.4) is 0 Å². The molecular weight excluding hydrogens is 783 g/mol. The fourth-order valence-electron chi connectivity index (χ4n) is 9.47. The van der Waals surface area contributed by atoms with E-state index in [0.717, 1.165) is 22.7 Å². The zero-order valence-corrected chi connectivity index (χ0v) is 36.8. The molecule has 6 rings (SSSR count). The molecule has 0 aromatic heterocycles. The molecule has 4 aromatic rings. The molecule has 0 unspecified atom stereocenters. The molecular formula is C47H64ClNO2PPd. The van der Waals surface area contributed by atoms with Gasteiger partial charge in [-0.25, -0.2) is 0 Å². The summed E-state index contributed by atoms with van der Waals surface area (Å²) in [6, 6.07) is 26.8. The molecule has 0 heterocycles. The topological polar surface area (TPSA) is 44.5 Å². The van der Waals surface area contributed by atoms with Crippen molar-refractivity contribution in [1.29, 1.82) is 0 Å². The van der Waals surface area contributed by atoms with Crippen LogP contribution < -0.4 is 24.5 Å². The Labute approximate surface area is 330 Å². The molecule has 2 N–H and O–H groups in total. The number of para-hydroxylation sites is 1. The van der Waals surface area contributed by atoms with E-state index in [-0.39, 0.29) is 0 Å². The van der Waals surface area contributed by atoms with Crippen molar-refractivity contribution in [3.8, 4) is 33.8 Å². The number of anilines is 1. The van der Waals surface area contributed by atoms with Gasteiger partial charge < -0.3 is 0 Å². The van der Waals surface area contributed by atoms with Gasteiger partial charge in [0.2, 0.25) is 0 Å². The van der Waals surface area contributed by atoms with Gasteiger partial charge >= 0.3 is 333 Å². The third-order valence-electron chi connectivity index (χ3n) is 12.1. The van der Waals surface area contributed by atoms with Crippen LogP contribution in [0, 0.1) is 0 Å². The Kier molecular flexibility index (Phi) is 13.4. The molecule has 53 heavy (non-hydrogen) atoms. The molecule has 0 spiro atoms. The van der Waals surface area contributed by atoms with Crippen LogP contribution in [0.4, 0.5) is 5.69 Å². The maximum absolute atomic E-state index is 8.73. The maximum atomic E-state index is 8.73. The third-order valence-corrected chi connectivity index (χ3v) is 32.3. The fraction of sp³-hybridized carbons (Fsp3) is 0.489. The van der Waals surface area contributed by atoms with E-state index in [0.29, 0.717) is 29.1 Å². The molecule has 6 heteroatoms. The Bertz CT molecular complexity index is 1810. The first kappa shape index (κ1) is 40.3. The Morgan fingerprint density at radius 2 is 1.11 bits per heavy atom. The van der Waals surface area contributed by atoms with Gasteiger partial charge in [-0.05, 0) is 0 Å². The van der Waals surface area contributed by atoms with Gasteiger partial charge in [-0.3, -0.25) is 0 Å². The number of halogens is 1. The van der Waals surface area contributed by atoms with E-state index < -0.39 is 20.7 Å².